The number of aryl methyl sites for hydroxylation is 1. The number of carboxylic acid groups (broad SMARTS) is 1. The maximum absolute atomic E-state index is 13.7. The number of nitrogens with zero attached hydrogens (tertiary/aromatic N) is 3. The lowest BCUT2D eigenvalue weighted by molar-refractivity contribution is -0.150. The van der Waals surface area contributed by atoms with Gasteiger partial charge in [-0.25, -0.2) is 14.6 Å². The molecule has 2 aromatic rings. The highest BCUT2D eigenvalue weighted by Gasteiger charge is 2.46. The van der Waals surface area contributed by atoms with Gasteiger partial charge in [0.1, 0.15) is 35.4 Å². The number of fused-ring (bicyclic) bond motifs is 1. The molecule has 11 nitrogen and oxygen atoms in total. The number of nitrogens with one attached hydrogen (secondary N) is 1. The first-order valence-electron chi connectivity index (χ1n) is 12.1. The number of aliphatic carboxylic acids is 1. The van der Waals surface area contributed by atoms with Crippen molar-refractivity contribution in [3.8, 4) is 11.6 Å². The first kappa shape index (κ1) is 27.9. The number of hydrogen-bond acceptors (Lipinski definition) is 8. The van der Waals surface area contributed by atoms with Gasteiger partial charge in [0.05, 0.1) is 24.6 Å². The topological polar surface area (TPSA) is 140 Å². The summed E-state index contributed by atoms with van der Waals surface area (Å²) in [5, 5.41) is 13.2. The molecule has 2 N–H and O–H groups in total. The number of likely N-dealkylation sites (tertiary alicyclic amines) is 1. The van der Waals surface area contributed by atoms with E-state index in [9.17, 15) is 19.5 Å². The molecule has 2 amide bonds. The summed E-state index contributed by atoms with van der Waals surface area (Å²) < 4.78 is 16.8. The molecule has 0 bridgehead atoms. The number of benzene rings is 1. The van der Waals surface area contributed by atoms with Crippen LogP contribution in [0.4, 0.5) is 4.79 Å². The molecule has 3 rings (SSSR count). The maximum atomic E-state index is 13.7. The van der Waals surface area contributed by atoms with Crippen molar-refractivity contribution < 1.29 is 33.7 Å². The fourth-order valence-corrected chi connectivity index (χ4v) is 4.17. The second kappa shape index (κ2) is 10.4. The third-order valence-corrected chi connectivity index (χ3v) is 5.86. The van der Waals surface area contributed by atoms with Crippen LogP contribution in [0.15, 0.2) is 18.2 Å². The summed E-state index contributed by atoms with van der Waals surface area (Å²) in [7, 11) is 1.55. The molecule has 202 valence electrons. The summed E-state index contributed by atoms with van der Waals surface area (Å²) >= 11 is 0. The Morgan fingerprint density at radius 3 is 2.38 bits per heavy atom. The van der Waals surface area contributed by atoms with E-state index in [2.05, 4.69) is 15.3 Å². The van der Waals surface area contributed by atoms with Gasteiger partial charge in [0.2, 0.25) is 11.8 Å². The van der Waals surface area contributed by atoms with Crippen LogP contribution in [-0.2, 0) is 14.3 Å². The molecule has 0 aliphatic carbocycles. The van der Waals surface area contributed by atoms with E-state index in [1.807, 2.05) is 0 Å². The lowest BCUT2D eigenvalue weighted by atomic mass is 9.85. The molecule has 37 heavy (non-hydrogen) atoms. The van der Waals surface area contributed by atoms with Gasteiger partial charge in [-0.05, 0) is 51.3 Å². The van der Waals surface area contributed by atoms with Gasteiger partial charge in [-0.15, -0.1) is 0 Å². The number of carboxylic acids is 1. The van der Waals surface area contributed by atoms with Crippen LogP contribution in [0.1, 0.15) is 53.8 Å². The monoisotopic (exact) mass is 516 g/mol. The summed E-state index contributed by atoms with van der Waals surface area (Å²) in [5.41, 5.74) is -0.822. The molecule has 1 aromatic heterocycles. The summed E-state index contributed by atoms with van der Waals surface area (Å²) in [4.78, 5) is 48.4. The van der Waals surface area contributed by atoms with E-state index in [-0.39, 0.29) is 18.8 Å². The van der Waals surface area contributed by atoms with E-state index in [1.165, 1.54) is 4.90 Å². The predicted octanol–water partition coefficient (Wildman–Crippen LogP) is 3.32. The molecule has 1 aliphatic rings. The minimum atomic E-state index is -1.16. The molecule has 1 saturated heterocycles. The Morgan fingerprint density at radius 2 is 1.81 bits per heavy atom. The van der Waals surface area contributed by atoms with Gasteiger partial charge >= 0.3 is 12.1 Å². The first-order valence-corrected chi connectivity index (χ1v) is 12.1. The average molecular weight is 517 g/mol. The molecule has 1 fully saturated rings. The summed E-state index contributed by atoms with van der Waals surface area (Å²) in [6, 6.07) is 3.16. The first-order chi connectivity index (χ1) is 17.1. The third kappa shape index (κ3) is 6.78. The van der Waals surface area contributed by atoms with Gasteiger partial charge in [0.25, 0.3) is 0 Å². The van der Waals surface area contributed by atoms with E-state index in [0.717, 1.165) is 0 Å². The zero-order chi connectivity index (χ0) is 27.7. The third-order valence-electron chi connectivity index (χ3n) is 5.86. The predicted molar refractivity (Wildman–Crippen MR) is 136 cm³/mol. The van der Waals surface area contributed by atoms with Crippen LogP contribution in [0.5, 0.6) is 11.6 Å². The van der Waals surface area contributed by atoms with Crippen LogP contribution in [0.3, 0.4) is 0 Å². The molecule has 0 spiro atoms. The Labute approximate surface area is 216 Å². The Balaban J connectivity index is 1.88. The lowest BCUT2D eigenvalue weighted by Gasteiger charge is -2.35. The minimum Gasteiger partial charge on any atom is -0.497 e. The van der Waals surface area contributed by atoms with Crippen molar-refractivity contribution in [2.24, 2.45) is 5.41 Å². The number of carbonyl (C=O) groups excluding carboxylic acids is 2. The fraction of sp³-hybridized carbons (Fsp3) is 0.577. The van der Waals surface area contributed by atoms with Crippen molar-refractivity contribution in [1.29, 1.82) is 0 Å². The van der Waals surface area contributed by atoms with E-state index in [0.29, 0.717) is 22.5 Å². The number of amides is 2. The van der Waals surface area contributed by atoms with E-state index in [4.69, 9.17) is 14.2 Å². The van der Waals surface area contributed by atoms with Gasteiger partial charge in [0.15, 0.2) is 0 Å². The molecule has 1 aliphatic heterocycles. The van der Waals surface area contributed by atoms with Gasteiger partial charge in [-0.3, -0.25) is 4.79 Å². The van der Waals surface area contributed by atoms with Crippen LogP contribution in [0.2, 0.25) is 0 Å². The summed E-state index contributed by atoms with van der Waals surface area (Å²) in [5.74, 6) is -0.318. The van der Waals surface area contributed by atoms with Gasteiger partial charge in [0, 0.05) is 6.42 Å². The number of alkyl carbamates (subject to hydrolysis) is 1. The highest BCUT2D eigenvalue weighted by Crippen LogP contribution is 2.31. The van der Waals surface area contributed by atoms with E-state index < -0.39 is 47.2 Å². The van der Waals surface area contributed by atoms with Gasteiger partial charge in [-0.2, -0.15) is 4.98 Å². The minimum absolute atomic E-state index is 0.00684. The molecular formula is C26H36N4O7. The van der Waals surface area contributed by atoms with Gasteiger partial charge in [-0.1, -0.05) is 20.8 Å². The Morgan fingerprint density at radius 1 is 1.14 bits per heavy atom. The van der Waals surface area contributed by atoms with Crippen molar-refractivity contribution in [3.05, 3.63) is 24.0 Å². The van der Waals surface area contributed by atoms with Crippen molar-refractivity contribution in [2.75, 3.05) is 13.7 Å². The zero-order valence-electron chi connectivity index (χ0n) is 22.6. The Bertz CT molecular complexity index is 1190. The molecule has 0 radical (unpaired) electrons. The Kier molecular flexibility index (Phi) is 7.85. The number of methoxy groups -OCH3 is 1. The number of carbonyl (C=O) groups is 3. The number of rotatable bonds is 6. The van der Waals surface area contributed by atoms with Crippen LogP contribution in [0.25, 0.3) is 10.9 Å². The average Bonchev–Trinajstić information content (AvgIpc) is 3.19. The van der Waals surface area contributed by atoms with E-state index >= 15 is 0 Å². The molecule has 2 heterocycles. The highest BCUT2D eigenvalue weighted by molar-refractivity contribution is 5.90. The van der Waals surface area contributed by atoms with Crippen LogP contribution in [-0.4, -0.2) is 75.4 Å². The zero-order valence-corrected chi connectivity index (χ0v) is 22.6. The molecule has 0 saturated carbocycles. The fourth-order valence-electron chi connectivity index (χ4n) is 4.17. The number of aromatic nitrogens is 2. The second-order valence-corrected chi connectivity index (χ2v) is 11.2. The van der Waals surface area contributed by atoms with Crippen molar-refractivity contribution in [1.82, 2.24) is 20.2 Å². The lowest BCUT2D eigenvalue weighted by Crippen LogP contribution is -2.57. The molecule has 1 aromatic carbocycles. The van der Waals surface area contributed by atoms with Crippen molar-refractivity contribution in [2.45, 2.75) is 78.7 Å². The van der Waals surface area contributed by atoms with Gasteiger partial charge < -0.3 is 29.5 Å². The molecule has 3 atom stereocenters. The van der Waals surface area contributed by atoms with E-state index in [1.54, 1.807) is 73.8 Å². The number of hydrogen-bond donors (Lipinski definition) is 2. The van der Waals surface area contributed by atoms with Crippen LogP contribution in [0, 0.1) is 12.3 Å². The molecular weight excluding hydrogens is 480 g/mol. The molecule has 0 unspecified atom stereocenters. The standard InChI is InChI=1S/C26H36N4O7/c1-14-27-18-10-9-15(35-8)11-17(18)21(28-14)36-16-12-19(23(32)33)30(13-16)22(31)20(25(2,3)4)29-24(34)37-26(5,6)7/h9-11,16,19-20H,12-13H2,1-8H3,(H,29,34)(H,32,33)/t16-,19+,20-/m1/s1. The summed E-state index contributed by atoms with van der Waals surface area (Å²) in [6.07, 6.45) is -1.34. The van der Waals surface area contributed by atoms with Crippen molar-refractivity contribution >= 4 is 28.9 Å². The molecule has 11 heteroatoms. The normalized spacial score (nSPS) is 18.9. The van der Waals surface area contributed by atoms with Crippen LogP contribution < -0.4 is 14.8 Å². The highest BCUT2D eigenvalue weighted by atomic mass is 16.6. The second-order valence-electron chi connectivity index (χ2n) is 11.2. The quantitative estimate of drug-likeness (QED) is 0.591. The van der Waals surface area contributed by atoms with Crippen LogP contribution >= 0.6 is 0 Å². The SMILES string of the molecule is COc1ccc2nc(C)nc(O[C@@H]3C[C@@H](C(=O)O)N(C(=O)[C@@H](NC(=O)OC(C)(C)C)C(C)(C)C)C3)c2c1. The smallest absolute Gasteiger partial charge is 0.408 e. The number of ether oxygens (including phenoxy) is 3. The largest absolute Gasteiger partial charge is 0.497 e. The van der Waals surface area contributed by atoms with Crippen molar-refractivity contribution in [3.63, 3.8) is 0 Å². The maximum Gasteiger partial charge on any atom is 0.408 e. The summed E-state index contributed by atoms with van der Waals surface area (Å²) in [6.45, 7) is 12.3. The Hall–Kier alpha value is -3.63.